The molecule has 0 fully saturated rings. The predicted molar refractivity (Wildman–Crippen MR) is 0 cm³/mol. The second-order valence-electron chi connectivity index (χ2n) is 0. The van der Waals surface area contributed by atoms with Crippen molar-refractivity contribution in [3.63, 3.8) is 0 Å². The van der Waals surface area contributed by atoms with Crippen molar-refractivity contribution >= 4 is 0 Å². The summed E-state index contributed by atoms with van der Waals surface area (Å²) in [5.74, 6) is 0. The molecule has 0 aliphatic heterocycles. The fourth-order valence-electron chi connectivity index (χ4n) is 0. The van der Waals surface area contributed by atoms with E-state index in [9.17, 15) is 0 Å². The van der Waals surface area contributed by atoms with Gasteiger partial charge in [-0.05, 0) is 0 Å². The first-order chi connectivity index (χ1) is 0. The molecule has 2 radical (unpaired) electrons. The fraction of sp³-hybridized carbons (Fsp3) is 0. The zero-order valence-electron chi connectivity index (χ0n) is 2.02. The van der Waals surface area contributed by atoms with Crippen LogP contribution in [0.25, 0.3) is 0 Å². The van der Waals surface area contributed by atoms with Crippen molar-refractivity contribution in [3.8, 4) is 0 Å². The molecule has 0 aliphatic rings. The number of hydrogen-bond acceptors (Lipinski definition) is 0. The van der Waals surface area contributed by atoms with Gasteiger partial charge in [0.1, 0.15) is 0 Å². The molecule has 0 nitrogen and oxygen atoms in total. The Morgan fingerprint density at radius 2 is 0.500 bits per heavy atom. The Balaban J connectivity index is 0. The number of hydrogen-bond donors (Lipinski definition) is 0. The molecule has 0 heterocycles. The van der Waals surface area contributed by atoms with E-state index in [2.05, 4.69) is 0 Å². The third kappa shape index (κ3) is 8.86. The smallest absolute Gasteiger partial charge is 0 e. The molecule has 0 unspecified atom stereocenters. The minimum atomic E-state index is 0. The Hall–Kier alpha value is 2.29. The summed E-state index contributed by atoms with van der Waals surface area (Å²) < 4.78 is 0. The van der Waals surface area contributed by atoms with Gasteiger partial charge in [-0.2, -0.15) is 0 Å². The fourth-order valence-corrected chi connectivity index (χ4v) is 0. The van der Waals surface area contributed by atoms with Gasteiger partial charge in [-0.3, -0.25) is 0 Å². The first-order valence-electron chi connectivity index (χ1n) is 0. The molecular weight excluding hydrogens is 258 g/mol. The SMILES string of the molecule is [Cu].[Cu].[Zn].[Zn]. The third-order valence-corrected chi connectivity index (χ3v) is 0. The van der Waals surface area contributed by atoms with Crippen LogP contribution in [0.5, 0.6) is 0 Å². The Bertz CT molecular complexity index is 4.00. The molecule has 0 aromatic rings. The summed E-state index contributed by atoms with van der Waals surface area (Å²) in [5, 5.41) is 0. The topological polar surface area (TPSA) is 0 Å². The van der Waals surface area contributed by atoms with Gasteiger partial charge in [0.05, 0.1) is 0 Å². The Morgan fingerprint density at radius 3 is 0.500 bits per heavy atom. The van der Waals surface area contributed by atoms with Gasteiger partial charge in [0.2, 0.25) is 0 Å². The van der Waals surface area contributed by atoms with Crippen molar-refractivity contribution in [1.29, 1.82) is 0 Å². The van der Waals surface area contributed by atoms with Crippen molar-refractivity contribution in [2.24, 2.45) is 0 Å². The van der Waals surface area contributed by atoms with E-state index in [0.717, 1.165) is 0 Å². The third-order valence-electron chi connectivity index (χ3n) is 0. The molecule has 0 aromatic heterocycles. The van der Waals surface area contributed by atoms with Gasteiger partial charge in [-0.1, -0.05) is 0 Å². The van der Waals surface area contributed by atoms with Gasteiger partial charge in [0.15, 0.2) is 0 Å². The largest absolute Gasteiger partial charge is 0 e. The average molecular weight is 258 g/mol. The van der Waals surface area contributed by atoms with E-state index in [1.165, 1.54) is 0 Å². The second kappa shape index (κ2) is 18.6. The van der Waals surface area contributed by atoms with Gasteiger partial charge in [-0.15, -0.1) is 0 Å². The van der Waals surface area contributed by atoms with Crippen LogP contribution in [0, 0.1) is 0 Å². The van der Waals surface area contributed by atoms with Gasteiger partial charge in [-0.25, -0.2) is 0 Å². The normalized spacial score (nSPS) is 0. The summed E-state index contributed by atoms with van der Waals surface area (Å²) in [6.07, 6.45) is 0. The number of rotatable bonds is 0. The molecule has 0 atom stereocenters. The van der Waals surface area contributed by atoms with Crippen LogP contribution >= 0.6 is 0 Å². The zero-order valence-corrected chi connectivity index (χ0v) is 9.83. The van der Waals surface area contributed by atoms with Crippen LogP contribution in [0.15, 0.2) is 0 Å². The molecule has 0 saturated heterocycles. The van der Waals surface area contributed by atoms with Crippen molar-refractivity contribution in [1.82, 2.24) is 0 Å². The maximum Gasteiger partial charge on any atom is 0 e. The van der Waals surface area contributed by atoms with Crippen molar-refractivity contribution in [3.05, 3.63) is 0 Å². The van der Waals surface area contributed by atoms with E-state index in [-0.39, 0.29) is 73.1 Å². The quantitative estimate of drug-likeness (QED) is 0.536. The van der Waals surface area contributed by atoms with E-state index < -0.39 is 0 Å². The second-order valence-corrected chi connectivity index (χ2v) is 0. The molecule has 0 bridgehead atoms. The zero-order chi connectivity index (χ0) is 0. The Kier molecular flexibility index (Phi) is 156. The van der Waals surface area contributed by atoms with Crippen LogP contribution in [0.3, 0.4) is 0 Å². The Morgan fingerprint density at radius 1 is 0.500 bits per heavy atom. The van der Waals surface area contributed by atoms with Crippen LogP contribution in [-0.4, -0.2) is 0 Å². The van der Waals surface area contributed by atoms with E-state index >= 15 is 0 Å². The molecule has 0 aliphatic carbocycles. The molecule has 26 valence electrons. The molecule has 0 aromatic carbocycles. The van der Waals surface area contributed by atoms with E-state index in [1.807, 2.05) is 0 Å². The molecule has 0 saturated carbocycles. The van der Waals surface area contributed by atoms with Gasteiger partial charge >= 0.3 is 0 Å². The molecule has 0 rings (SSSR count). The summed E-state index contributed by atoms with van der Waals surface area (Å²) in [6, 6.07) is 0. The summed E-state index contributed by atoms with van der Waals surface area (Å²) >= 11 is 0. The molecular formula is Cu2Zn2. The maximum atomic E-state index is 0. The van der Waals surface area contributed by atoms with Gasteiger partial charge < -0.3 is 0 Å². The van der Waals surface area contributed by atoms with Crippen LogP contribution in [0.2, 0.25) is 0 Å². The minimum Gasteiger partial charge on any atom is 0 e. The first kappa shape index (κ1) is 33.6. The minimum absolute atomic E-state index is 0. The molecule has 0 spiro atoms. The molecule has 4 heteroatoms. The molecule has 0 amide bonds. The summed E-state index contributed by atoms with van der Waals surface area (Å²) in [5.41, 5.74) is 0. The summed E-state index contributed by atoms with van der Waals surface area (Å²) in [6.45, 7) is 0. The van der Waals surface area contributed by atoms with E-state index in [1.54, 1.807) is 0 Å². The van der Waals surface area contributed by atoms with Crippen molar-refractivity contribution in [2.75, 3.05) is 0 Å². The monoisotopic (exact) mass is 254 g/mol. The Labute approximate surface area is 72.3 Å². The van der Waals surface area contributed by atoms with Crippen molar-refractivity contribution < 1.29 is 73.1 Å². The van der Waals surface area contributed by atoms with Crippen LogP contribution in [-0.2, 0) is 73.1 Å². The van der Waals surface area contributed by atoms with E-state index in [4.69, 9.17) is 0 Å². The predicted octanol–water partition coefficient (Wildman–Crippen LogP) is -0.0100. The average Bonchev–Trinajstić information content (AvgIpc) is 0. The maximum absolute atomic E-state index is 0. The van der Waals surface area contributed by atoms with Crippen molar-refractivity contribution in [2.45, 2.75) is 0 Å². The van der Waals surface area contributed by atoms with Gasteiger partial charge in [0, 0.05) is 73.1 Å². The van der Waals surface area contributed by atoms with Crippen LogP contribution in [0.4, 0.5) is 0 Å². The summed E-state index contributed by atoms with van der Waals surface area (Å²) in [7, 11) is 0. The standard InChI is InChI=1S/2Cu.2Zn. The molecule has 0 N–H and O–H groups in total. The first-order valence-corrected chi connectivity index (χ1v) is 0. The van der Waals surface area contributed by atoms with Crippen LogP contribution < -0.4 is 0 Å². The van der Waals surface area contributed by atoms with E-state index in [0.29, 0.717) is 0 Å². The van der Waals surface area contributed by atoms with Gasteiger partial charge in [0.25, 0.3) is 0 Å². The summed E-state index contributed by atoms with van der Waals surface area (Å²) in [4.78, 5) is 0. The van der Waals surface area contributed by atoms with Crippen LogP contribution in [0.1, 0.15) is 0 Å². The molecule has 4 heavy (non-hydrogen) atoms.